The van der Waals surface area contributed by atoms with E-state index in [2.05, 4.69) is 27.1 Å². The Morgan fingerprint density at radius 2 is 1.88 bits per heavy atom. The standard InChI is InChI=1S/C30H24N6O4S/c1-2-16-35-29(25-18-31-26-9-4-3-8-24(25)26)33-34-30(35)41-19-28(38)32-22-13-11-21(12-14-22)27(37)15-10-20-6-5-7-23(17-20)36(39)40/h2-15,17-18,31H,1,16,19H2,(H,32,38)/b15-10+. The lowest BCUT2D eigenvalue weighted by molar-refractivity contribution is -0.384. The molecular weight excluding hydrogens is 540 g/mol. The summed E-state index contributed by atoms with van der Waals surface area (Å²) in [7, 11) is 0. The molecule has 5 aromatic rings. The van der Waals surface area contributed by atoms with E-state index < -0.39 is 4.92 Å². The molecule has 5 rings (SSSR count). The summed E-state index contributed by atoms with van der Waals surface area (Å²) in [6, 6.07) is 20.5. The number of anilines is 1. The maximum atomic E-state index is 12.7. The zero-order chi connectivity index (χ0) is 28.8. The zero-order valence-electron chi connectivity index (χ0n) is 21.7. The van der Waals surface area contributed by atoms with Crippen molar-refractivity contribution in [3.05, 3.63) is 119 Å². The highest BCUT2D eigenvalue weighted by Gasteiger charge is 2.18. The normalized spacial score (nSPS) is 11.1. The summed E-state index contributed by atoms with van der Waals surface area (Å²) < 4.78 is 1.92. The first-order chi connectivity index (χ1) is 19.9. The van der Waals surface area contributed by atoms with Crippen LogP contribution in [0.4, 0.5) is 11.4 Å². The van der Waals surface area contributed by atoms with Gasteiger partial charge in [-0.25, -0.2) is 0 Å². The number of hydrogen-bond donors (Lipinski definition) is 2. The molecule has 0 spiro atoms. The Balaban J connectivity index is 1.20. The van der Waals surface area contributed by atoms with Crippen molar-refractivity contribution in [1.82, 2.24) is 19.7 Å². The van der Waals surface area contributed by atoms with Crippen LogP contribution in [0.1, 0.15) is 15.9 Å². The minimum absolute atomic E-state index is 0.0477. The first kappa shape index (κ1) is 27.3. The van der Waals surface area contributed by atoms with Crippen LogP contribution in [0, 0.1) is 10.1 Å². The molecule has 0 saturated carbocycles. The molecule has 2 heterocycles. The minimum Gasteiger partial charge on any atom is -0.360 e. The number of amides is 1. The summed E-state index contributed by atoms with van der Waals surface area (Å²) in [5, 5.41) is 24.1. The van der Waals surface area contributed by atoms with E-state index in [4.69, 9.17) is 0 Å². The summed E-state index contributed by atoms with van der Waals surface area (Å²) >= 11 is 1.27. The number of benzene rings is 3. The molecule has 3 aromatic carbocycles. The number of nitrogens with one attached hydrogen (secondary N) is 2. The lowest BCUT2D eigenvalue weighted by Gasteiger charge is -2.08. The first-order valence-corrected chi connectivity index (χ1v) is 13.5. The average Bonchev–Trinajstić information content (AvgIpc) is 3.59. The quantitative estimate of drug-likeness (QED) is 0.0491. The third-order valence-electron chi connectivity index (χ3n) is 6.15. The Hall–Kier alpha value is -5.29. The van der Waals surface area contributed by atoms with Crippen LogP contribution in [0.2, 0.25) is 0 Å². The van der Waals surface area contributed by atoms with Gasteiger partial charge < -0.3 is 10.3 Å². The predicted molar refractivity (Wildman–Crippen MR) is 160 cm³/mol. The summed E-state index contributed by atoms with van der Waals surface area (Å²) in [4.78, 5) is 38.9. The van der Waals surface area contributed by atoms with Gasteiger partial charge in [0.25, 0.3) is 5.69 Å². The molecule has 204 valence electrons. The number of allylic oxidation sites excluding steroid dienone is 2. The molecule has 0 aliphatic rings. The van der Waals surface area contributed by atoms with Crippen molar-refractivity contribution < 1.29 is 14.5 Å². The fourth-order valence-electron chi connectivity index (χ4n) is 4.20. The topological polar surface area (TPSA) is 136 Å². The molecule has 0 aliphatic heterocycles. The maximum absolute atomic E-state index is 12.7. The van der Waals surface area contributed by atoms with Gasteiger partial charge in [-0.1, -0.05) is 54.2 Å². The zero-order valence-corrected chi connectivity index (χ0v) is 22.5. The van der Waals surface area contributed by atoms with Crippen LogP contribution in [0.3, 0.4) is 0 Å². The van der Waals surface area contributed by atoms with Crippen LogP contribution >= 0.6 is 11.8 Å². The molecule has 10 nitrogen and oxygen atoms in total. The van der Waals surface area contributed by atoms with E-state index >= 15 is 0 Å². The van der Waals surface area contributed by atoms with E-state index in [1.54, 1.807) is 42.5 Å². The second-order valence-corrected chi connectivity index (χ2v) is 9.86. The Bertz CT molecular complexity index is 1790. The van der Waals surface area contributed by atoms with Gasteiger partial charge >= 0.3 is 0 Å². The number of fused-ring (bicyclic) bond motifs is 1. The molecule has 0 unspecified atom stereocenters. The van der Waals surface area contributed by atoms with Crippen LogP contribution in [-0.2, 0) is 11.3 Å². The number of rotatable bonds is 11. The van der Waals surface area contributed by atoms with Crippen molar-refractivity contribution in [1.29, 1.82) is 0 Å². The number of nitro benzene ring substituents is 1. The van der Waals surface area contributed by atoms with Crippen LogP contribution in [0.25, 0.3) is 28.4 Å². The molecule has 0 bridgehead atoms. The highest BCUT2D eigenvalue weighted by Crippen LogP contribution is 2.30. The molecule has 11 heteroatoms. The fraction of sp³-hybridized carbons (Fsp3) is 0.0667. The van der Waals surface area contributed by atoms with Crippen molar-refractivity contribution in [2.45, 2.75) is 11.7 Å². The molecule has 2 aromatic heterocycles. The lowest BCUT2D eigenvalue weighted by atomic mass is 10.1. The number of aromatic nitrogens is 4. The number of carbonyl (C=O) groups is 2. The van der Waals surface area contributed by atoms with Crippen LogP contribution in [-0.4, -0.2) is 42.1 Å². The van der Waals surface area contributed by atoms with Gasteiger partial charge in [0.2, 0.25) is 5.91 Å². The van der Waals surface area contributed by atoms with Crippen molar-refractivity contribution in [2.24, 2.45) is 0 Å². The van der Waals surface area contributed by atoms with E-state index in [9.17, 15) is 19.7 Å². The van der Waals surface area contributed by atoms with E-state index in [1.165, 1.54) is 36.0 Å². The highest BCUT2D eigenvalue weighted by molar-refractivity contribution is 7.99. The molecule has 0 aliphatic carbocycles. The number of thioether (sulfide) groups is 1. The van der Waals surface area contributed by atoms with E-state index in [0.717, 1.165) is 16.5 Å². The van der Waals surface area contributed by atoms with Gasteiger partial charge in [-0.05, 0) is 42.0 Å². The van der Waals surface area contributed by atoms with Gasteiger partial charge in [0, 0.05) is 52.6 Å². The minimum atomic E-state index is -0.487. The monoisotopic (exact) mass is 564 g/mol. The van der Waals surface area contributed by atoms with E-state index in [0.29, 0.717) is 34.3 Å². The van der Waals surface area contributed by atoms with Gasteiger partial charge in [0.05, 0.1) is 10.7 Å². The number of H-pyrrole nitrogens is 1. The Morgan fingerprint density at radius 1 is 1.07 bits per heavy atom. The average molecular weight is 565 g/mol. The lowest BCUT2D eigenvalue weighted by Crippen LogP contribution is -2.14. The van der Waals surface area contributed by atoms with Gasteiger partial charge in [-0.3, -0.25) is 24.3 Å². The third-order valence-corrected chi connectivity index (χ3v) is 7.12. The van der Waals surface area contributed by atoms with Crippen molar-refractivity contribution >= 4 is 51.8 Å². The second-order valence-electron chi connectivity index (χ2n) is 8.92. The Kier molecular flexibility index (Phi) is 8.16. The Morgan fingerprint density at radius 3 is 2.66 bits per heavy atom. The molecule has 1 amide bonds. The third kappa shape index (κ3) is 6.31. The number of non-ortho nitro benzene ring substituents is 1. The molecule has 0 atom stereocenters. The van der Waals surface area contributed by atoms with Gasteiger partial charge in [0.15, 0.2) is 16.8 Å². The first-order valence-electron chi connectivity index (χ1n) is 12.5. The number of para-hydroxylation sites is 1. The second kappa shape index (κ2) is 12.3. The molecule has 0 saturated heterocycles. The van der Waals surface area contributed by atoms with Crippen molar-refractivity contribution in [2.75, 3.05) is 11.1 Å². The number of aromatic amines is 1. The molecule has 2 N–H and O–H groups in total. The predicted octanol–water partition coefficient (Wildman–Crippen LogP) is 6.15. The van der Waals surface area contributed by atoms with E-state index in [-0.39, 0.29) is 23.1 Å². The van der Waals surface area contributed by atoms with E-state index in [1.807, 2.05) is 35.0 Å². The van der Waals surface area contributed by atoms with Crippen molar-refractivity contribution in [3.63, 3.8) is 0 Å². The van der Waals surface area contributed by atoms with Crippen LogP contribution in [0.15, 0.2) is 103 Å². The molecule has 41 heavy (non-hydrogen) atoms. The number of nitro groups is 1. The molecular formula is C30H24N6O4S. The van der Waals surface area contributed by atoms with Crippen molar-refractivity contribution in [3.8, 4) is 11.4 Å². The largest absolute Gasteiger partial charge is 0.360 e. The molecule has 0 fully saturated rings. The smallest absolute Gasteiger partial charge is 0.270 e. The summed E-state index contributed by atoms with van der Waals surface area (Å²) in [5.74, 6) is 0.291. The SMILES string of the molecule is C=CCn1c(SCC(=O)Nc2ccc(C(=O)/C=C/c3cccc([N+](=O)[O-])c3)cc2)nnc1-c1c[nH]c2ccccc12. The van der Waals surface area contributed by atoms with Gasteiger partial charge in [-0.15, -0.1) is 16.8 Å². The summed E-state index contributed by atoms with van der Waals surface area (Å²) in [6.07, 6.45) is 6.53. The number of hydrogen-bond acceptors (Lipinski definition) is 7. The number of nitrogens with zero attached hydrogens (tertiary/aromatic N) is 4. The fourth-order valence-corrected chi connectivity index (χ4v) is 4.95. The number of ketones is 1. The molecule has 0 radical (unpaired) electrons. The summed E-state index contributed by atoms with van der Waals surface area (Å²) in [5.41, 5.74) is 3.37. The Labute approximate surface area is 239 Å². The number of carbonyl (C=O) groups excluding carboxylic acids is 2. The summed E-state index contributed by atoms with van der Waals surface area (Å²) in [6.45, 7) is 4.33. The highest BCUT2D eigenvalue weighted by atomic mass is 32.2. The van der Waals surface area contributed by atoms with Crippen LogP contribution < -0.4 is 5.32 Å². The maximum Gasteiger partial charge on any atom is 0.270 e. The van der Waals surface area contributed by atoms with Gasteiger partial charge in [0.1, 0.15) is 0 Å². The van der Waals surface area contributed by atoms with Crippen LogP contribution in [0.5, 0.6) is 0 Å². The van der Waals surface area contributed by atoms with Gasteiger partial charge in [-0.2, -0.15) is 0 Å².